The molecule has 1 rings (SSSR count). The van der Waals surface area contributed by atoms with Gasteiger partial charge in [0.15, 0.2) is 5.16 Å². The van der Waals surface area contributed by atoms with E-state index in [0.717, 1.165) is 23.2 Å². The fourth-order valence-corrected chi connectivity index (χ4v) is 1.77. The summed E-state index contributed by atoms with van der Waals surface area (Å²) >= 11 is 1.53. The van der Waals surface area contributed by atoms with Crippen LogP contribution in [0.2, 0.25) is 0 Å². The molecule has 0 radical (unpaired) electrons. The Morgan fingerprint density at radius 3 is 2.65 bits per heavy atom. The van der Waals surface area contributed by atoms with Crippen molar-refractivity contribution in [2.45, 2.75) is 24.5 Å². The average Bonchev–Trinajstić information content (AvgIpc) is 2.37. The minimum absolute atomic E-state index is 0.273. The molecule has 1 unspecified atom stereocenters. The number of nitrogens with zero attached hydrogens (tertiary/aromatic N) is 2. The molecular weight excluding hydrogens is 236 g/mol. The molecule has 1 atom stereocenters. The summed E-state index contributed by atoms with van der Waals surface area (Å²) in [6, 6.07) is 2.17. The van der Waals surface area contributed by atoms with E-state index in [0.29, 0.717) is 6.61 Å². The predicted molar refractivity (Wildman–Crippen MR) is 72.9 cm³/mol. The Bertz CT molecular complexity index is 326. The van der Waals surface area contributed by atoms with Gasteiger partial charge in [0.1, 0.15) is 11.6 Å². The van der Waals surface area contributed by atoms with Crippen LogP contribution in [0.4, 0.5) is 11.6 Å². The fourth-order valence-electron chi connectivity index (χ4n) is 1.39. The maximum Gasteiger partial charge on any atom is 0.191 e. The highest BCUT2D eigenvalue weighted by Gasteiger charge is 2.08. The lowest BCUT2D eigenvalue weighted by molar-refractivity contribution is 0.184. The number of ether oxygens (including phenoxy) is 1. The van der Waals surface area contributed by atoms with Crippen molar-refractivity contribution in [2.24, 2.45) is 0 Å². The molecule has 0 aliphatic rings. The van der Waals surface area contributed by atoms with Gasteiger partial charge >= 0.3 is 0 Å². The Kier molecular flexibility index (Phi) is 6.07. The second-order valence-electron chi connectivity index (χ2n) is 3.58. The van der Waals surface area contributed by atoms with Crippen LogP contribution in [-0.2, 0) is 4.74 Å². The molecule has 1 aromatic heterocycles. The number of methoxy groups -OCH3 is 1. The minimum Gasteiger partial charge on any atom is -0.383 e. The van der Waals surface area contributed by atoms with Gasteiger partial charge in [-0.3, -0.25) is 0 Å². The van der Waals surface area contributed by atoms with Crippen LogP contribution in [0.25, 0.3) is 0 Å². The quantitative estimate of drug-likeness (QED) is 0.575. The van der Waals surface area contributed by atoms with E-state index in [4.69, 9.17) is 4.74 Å². The van der Waals surface area contributed by atoms with Crippen LogP contribution in [0.1, 0.15) is 13.3 Å². The fraction of sp³-hybridized carbons (Fsp3) is 0.636. The molecule has 1 aromatic rings. The Morgan fingerprint density at radius 2 is 2.12 bits per heavy atom. The maximum absolute atomic E-state index is 5.15. The van der Waals surface area contributed by atoms with Crippen molar-refractivity contribution in [1.82, 2.24) is 9.97 Å². The topological polar surface area (TPSA) is 59.1 Å². The van der Waals surface area contributed by atoms with E-state index in [-0.39, 0.29) is 6.04 Å². The molecule has 0 spiro atoms. The van der Waals surface area contributed by atoms with E-state index in [1.165, 1.54) is 11.8 Å². The van der Waals surface area contributed by atoms with Gasteiger partial charge in [-0.2, -0.15) is 0 Å². The summed E-state index contributed by atoms with van der Waals surface area (Å²) in [5, 5.41) is 7.14. The van der Waals surface area contributed by atoms with Gasteiger partial charge in [-0.1, -0.05) is 18.7 Å². The van der Waals surface area contributed by atoms with Crippen LogP contribution >= 0.6 is 11.8 Å². The van der Waals surface area contributed by atoms with E-state index in [1.807, 2.05) is 19.4 Å². The van der Waals surface area contributed by atoms with Gasteiger partial charge in [0, 0.05) is 20.2 Å². The van der Waals surface area contributed by atoms with Crippen molar-refractivity contribution in [3.8, 4) is 0 Å². The third kappa shape index (κ3) is 4.40. The first kappa shape index (κ1) is 14.1. The number of rotatable bonds is 7. The number of aromatic nitrogens is 2. The third-order valence-electron chi connectivity index (χ3n) is 2.36. The minimum atomic E-state index is 0.273. The van der Waals surface area contributed by atoms with Crippen LogP contribution < -0.4 is 10.6 Å². The van der Waals surface area contributed by atoms with Gasteiger partial charge < -0.3 is 15.4 Å². The van der Waals surface area contributed by atoms with Crippen LogP contribution in [-0.4, -0.2) is 43.0 Å². The number of hydrogen-bond donors (Lipinski definition) is 2. The van der Waals surface area contributed by atoms with Gasteiger partial charge in [-0.15, -0.1) is 0 Å². The van der Waals surface area contributed by atoms with Crippen molar-refractivity contribution in [1.29, 1.82) is 0 Å². The molecule has 0 fully saturated rings. The molecule has 0 saturated heterocycles. The van der Waals surface area contributed by atoms with Crippen LogP contribution in [0.5, 0.6) is 0 Å². The summed E-state index contributed by atoms with van der Waals surface area (Å²) < 4.78 is 5.15. The Morgan fingerprint density at radius 1 is 1.41 bits per heavy atom. The molecule has 0 bridgehead atoms. The summed E-state index contributed by atoms with van der Waals surface area (Å²) in [5.74, 6) is 1.65. The first-order chi connectivity index (χ1) is 8.23. The lowest BCUT2D eigenvalue weighted by Gasteiger charge is -2.17. The molecule has 0 amide bonds. The average molecular weight is 256 g/mol. The Labute approximate surface area is 107 Å². The number of nitrogens with one attached hydrogen (secondary N) is 2. The molecule has 0 aliphatic carbocycles. The predicted octanol–water partition coefficient (Wildman–Crippen LogP) is 2.08. The lowest BCUT2D eigenvalue weighted by Crippen LogP contribution is -2.24. The van der Waals surface area contributed by atoms with E-state index in [2.05, 4.69) is 27.5 Å². The molecule has 2 N–H and O–H groups in total. The molecule has 96 valence electrons. The van der Waals surface area contributed by atoms with Crippen LogP contribution in [0, 0.1) is 0 Å². The number of thioether (sulfide) groups is 1. The van der Waals surface area contributed by atoms with Crippen molar-refractivity contribution < 1.29 is 4.74 Å². The first-order valence-electron chi connectivity index (χ1n) is 5.59. The molecule has 5 nitrogen and oxygen atoms in total. The zero-order valence-electron chi connectivity index (χ0n) is 10.8. The molecule has 0 aliphatic heterocycles. The monoisotopic (exact) mass is 256 g/mol. The van der Waals surface area contributed by atoms with E-state index in [9.17, 15) is 0 Å². The smallest absolute Gasteiger partial charge is 0.191 e. The lowest BCUT2D eigenvalue weighted by atomic mass is 10.2. The highest BCUT2D eigenvalue weighted by atomic mass is 32.2. The molecule has 0 saturated carbocycles. The second kappa shape index (κ2) is 7.34. The zero-order valence-corrected chi connectivity index (χ0v) is 11.6. The Hall–Kier alpha value is -1.01. The van der Waals surface area contributed by atoms with Gasteiger partial charge in [-0.05, 0) is 12.7 Å². The molecule has 0 aromatic carbocycles. The second-order valence-corrected chi connectivity index (χ2v) is 4.35. The van der Waals surface area contributed by atoms with E-state index in [1.54, 1.807) is 7.11 Å². The standard InChI is InChI=1S/C11H20N4OS/c1-5-8(7-16-3)13-10-6-9(12-2)14-11(15-10)17-4/h6,8H,5,7H2,1-4H3,(H2,12,13,14,15). The van der Waals surface area contributed by atoms with Crippen molar-refractivity contribution >= 4 is 23.4 Å². The maximum atomic E-state index is 5.15. The summed E-state index contributed by atoms with van der Waals surface area (Å²) in [4.78, 5) is 8.73. The van der Waals surface area contributed by atoms with Crippen LogP contribution in [0.15, 0.2) is 11.2 Å². The summed E-state index contributed by atoms with van der Waals surface area (Å²) in [5.41, 5.74) is 0. The highest BCUT2D eigenvalue weighted by molar-refractivity contribution is 7.98. The zero-order chi connectivity index (χ0) is 12.7. The first-order valence-corrected chi connectivity index (χ1v) is 6.82. The number of anilines is 2. The van der Waals surface area contributed by atoms with Gasteiger partial charge in [0.25, 0.3) is 0 Å². The van der Waals surface area contributed by atoms with Gasteiger partial charge in [-0.25, -0.2) is 9.97 Å². The molecule has 17 heavy (non-hydrogen) atoms. The van der Waals surface area contributed by atoms with Crippen molar-refractivity contribution in [2.75, 3.05) is 37.7 Å². The summed E-state index contributed by atoms with van der Waals surface area (Å²) in [6.07, 6.45) is 2.95. The van der Waals surface area contributed by atoms with Gasteiger partial charge in [0.2, 0.25) is 0 Å². The normalized spacial score (nSPS) is 12.2. The van der Waals surface area contributed by atoms with Crippen molar-refractivity contribution in [3.05, 3.63) is 6.07 Å². The van der Waals surface area contributed by atoms with Crippen LogP contribution in [0.3, 0.4) is 0 Å². The van der Waals surface area contributed by atoms with Gasteiger partial charge in [0.05, 0.1) is 12.6 Å². The van der Waals surface area contributed by atoms with E-state index < -0.39 is 0 Å². The molecule has 6 heteroatoms. The molecule has 1 heterocycles. The van der Waals surface area contributed by atoms with Crippen molar-refractivity contribution in [3.63, 3.8) is 0 Å². The summed E-state index contributed by atoms with van der Waals surface area (Å²) in [6.45, 7) is 2.79. The Balaban J connectivity index is 2.81. The molecular formula is C11H20N4OS. The summed E-state index contributed by atoms with van der Waals surface area (Å²) in [7, 11) is 3.55. The number of hydrogen-bond acceptors (Lipinski definition) is 6. The SMILES string of the molecule is CCC(COC)Nc1cc(NC)nc(SC)n1. The highest BCUT2D eigenvalue weighted by Crippen LogP contribution is 2.17. The third-order valence-corrected chi connectivity index (χ3v) is 2.90. The largest absolute Gasteiger partial charge is 0.383 e. The van der Waals surface area contributed by atoms with E-state index >= 15 is 0 Å².